The molecule has 2 amide bonds. The van der Waals surface area contributed by atoms with Crippen LogP contribution in [0.5, 0.6) is 0 Å². The number of hydrogen-bond acceptors (Lipinski definition) is 4. The van der Waals surface area contributed by atoms with E-state index in [1.54, 1.807) is 34.8 Å². The van der Waals surface area contributed by atoms with E-state index < -0.39 is 6.04 Å². The topological polar surface area (TPSA) is 86.0 Å². The summed E-state index contributed by atoms with van der Waals surface area (Å²) in [5.74, 6) is 0.340. The average molecular weight is 264 g/mol. The van der Waals surface area contributed by atoms with E-state index in [9.17, 15) is 10.0 Å². The molecule has 2 aliphatic rings. The van der Waals surface area contributed by atoms with Crippen molar-refractivity contribution >= 4 is 11.9 Å². The molecule has 1 fully saturated rings. The first-order chi connectivity index (χ1) is 9.10. The first-order valence-electron chi connectivity index (χ1n) is 6.02. The van der Waals surface area contributed by atoms with Crippen LogP contribution in [0.25, 0.3) is 0 Å². The standard InChI is InChI=1S/C11H16N6O2/c1-12-10(14-19)9-8-6(4-13-16(8)3)7-5-17(9)11(18)15(7)2/h4,7,9,19H,5H2,1-3H3,(H,12,14)/t7-,9-/m0/s1. The molecule has 0 aliphatic carbocycles. The number of urea groups is 1. The number of nitrogens with one attached hydrogen (secondary N) is 1. The summed E-state index contributed by atoms with van der Waals surface area (Å²) in [6.07, 6.45) is 1.78. The van der Waals surface area contributed by atoms with E-state index in [-0.39, 0.29) is 12.1 Å². The first kappa shape index (κ1) is 12.0. The molecule has 102 valence electrons. The van der Waals surface area contributed by atoms with Gasteiger partial charge in [0.2, 0.25) is 0 Å². The molecule has 3 heterocycles. The summed E-state index contributed by atoms with van der Waals surface area (Å²) in [4.78, 5) is 19.7. The minimum Gasteiger partial charge on any atom is -0.319 e. The molecule has 0 unspecified atom stereocenters. The quantitative estimate of drug-likeness (QED) is 0.421. The van der Waals surface area contributed by atoms with Gasteiger partial charge < -0.3 is 9.80 Å². The fourth-order valence-electron chi connectivity index (χ4n) is 2.96. The maximum absolute atomic E-state index is 12.3. The van der Waals surface area contributed by atoms with Gasteiger partial charge in [0, 0.05) is 33.3 Å². The highest BCUT2D eigenvalue weighted by Gasteiger charge is 2.49. The molecule has 3 rings (SSSR count). The molecule has 2 aliphatic heterocycles. The Kier molecular flexibility index (Phi) is 2.49. The zero-order chi connectivity index (χ0) is 13.7. The van der Waals surface area contributed by atoms with Crippen molar-refractivity contribution in [3.05, 3.63) is 17.5 Å². The third-order valence-corrected chi connectivity index (χ3v) is 3.94. The van der Waals surface area contributed by atoms with E-state index in [4.69, 9.17) is 0 Å². The number of aliphatic imine (C=N–C) groups is 1. The summed E-state index contributed by atoms with van der Waals surface area (Å²) >= 11 is 0. The Bertz CT molecular complexity index is 566. The Morgan fingerprint density at radius 3 is 2.95 bits per heavy atom. The minimum atomic E-state index is -0.425. The van der Waals surface area contributed by atoms with Gasteiger partial charge in [-0.1, -0.05) is 0 Å². The fraction of sp³-hybridized carbons (Fsp3) is 0.545. The maximum atomic E-state index is 12.3. The number of rotatable bonds is 1. The van der Waals surface area contributed by atoms with Gasteiger partial charge in [-0.15, -0.1) is 0 Å². The third kappa shape index (κ3) is 1.40. The van der Waals surface area contributed by atoms with Crippen LogP contribution in [-0.2, 0) is 7.05 Å². The van der Waals surface area contributed by atoms with Crippen LogP contribution in [0.1, 0.15) is 23.3 Å². The number of aromatic nitrogens is 2. The van der Waals surface area contributed by atoms with E-state index >= 15 is 0 Å². The van der Waals surface area contributed by atoms with E-state index in [1.165, 1.54) is 0 Å². The zero-order valence-corrected chi connectivity index (χ0v) is 11.0. The summed E-state index contributed by atoms with van der Waals surface area (Å²) in [6.45, 7) is 0.583. The lowest BCUT2D eigenvalue weighted by molar-refractivity contribution is 0.184. The predicted molar refractivity (Wildman–Crippen MR) is 66.8 cm³/mol. The second kappa shape index (κ2) is 3.95. The number of hydrogen-bond donors (Lipinski definition) is 2. The van der Waals surface area contributed by atoms with Crippen molar-refractivity contribution in [1.82, 2.24) is 25.1 Å². The largest absolute Gasteiger partial charge is 0.321 e. The van der Waals surface area contributed by atoms with Crippen molar-refractivity contribution in [2.24, 2.45) is 12.0 Å². The molecule has 8 nitrogen and oxygen atoms in total. The van der Waals surface area contributed by atoms with Gasteiger partial charge >= 0.3 is 6.03 Å². The molecule has 1 saturated heterocycles. The van der Waals surface area contributed by atoms with E-state index in [2.05, 4.69) is 15.6 Å². The number of amides is 2. The average Bonchev–Trinajstić information content (AvgIpc) is 2.90. The van der Waals surface area contributed by atoms with E-state index in [0.717, 1.165) is 11.3 Å². The summed E-state index contributed by atoms with van der Waals surface area (Å²) in [5.41, 5.74) is 3.99. The lowest BCUT2D eigenvalue weighted by atomic mass is 9.97. The lowest BCUT2D eigenvalue weighted by Crippen LogP contribution is -2.43. The van der Waals surface area contributed by atoms with Crippen LogP contribution in [0.3, 0.4) is 0 Å². The van der Waals surface area contributed by atoms with Crippen LogP contribution in [0.2, 0.25) is 0 Å². The van der Waals surface area contributed by atoms with Crippen molar-refractivity contribution in [3.63, 3.8) is 0 Å². The van der Waals surface area contributed by atoms with Gasteiger partial charge in [0.05, 0.1) is 17.9 Å². The third-order valence-electron chi connectivity index (χ3n) is 3.94. The molecule has 1 aromatic rings. The van der Waals surface area contributed by atoms with Gasteiger partial charge in [0.15, 0.2) is 0 Å². The molecule has 2 bridgehead atoms. The maximum Gasteiger partial charge on any atom is 0.321 e. The number of amidine groups is 1. The Balaban J connectivity index is 2.19. The second-order valence-electron chi connectivity index (χ2n) is 4.79. The van der Waals surface area contributed by atoms with Crippen LogP contribution in [0.4, 0.5) is 4.79 Å². The highest BCUT2D eigenvalue weighted by molar-refractivity contribution is 5.93. The molecule has 0 spiro atoms. The summed E-state index contributed by atoms with van der Waals surface area (Å²) < 4.78 is 1.73. The van der Waals surface area contributed by atoms with E-state index in [0.29, 0.717) is 12.4 Å². The van der Waals surface area contributed by atoms with Crippen molar-refractivity contribution in [2.45, 2.75) is 12.1 Å². The number of aryl methyl sites for hydroxylation is 1. The first-order valence-corrected chi connectivity index (χ1v) is 6.02. The number of hydroxylamine groups is 1. The molecule has 0 aromatic carbocycles. The van der Waals surface area contributed by atoms with Crippen LogP contribution >= 0.6 is 0 Å². The van der Waals surface area contributed by atoms with E-state index in [1.807, 2.05) is 7.05 Å². The van der Waals surface area contributed by atoms with Gasteiger partial charge in [-0.25, -0.2) is 4.79 Å². The van der Waals surface area contributed by atoms with Gasteiger partial charge in [-0.2, -0.15) is 5.10 Å². The summed E-state index contributed by atoms with van der Waals surface area (Å²) in [5, 5.41) is 13.5. The summed E-state index contributed by atoms with van der Waals surface area (Å²) in [7, 11) is 5.18. The number of nitrogens with zero attached hydrogens (tertiary/aromatic N) is 5. The Morgan fingerprint density at radius 2 is 2.32 bits per heavy atom. The molecule has 2 N–H and O–H groups in total. The van der Waals surface area contributed by atoms with Crippen molar-refractivity contribution in [2.75, 3.05) is 20.6 Å². The fourth-order valence-corrected chi connectivity index (χ4v) is 2.96. The molecule has 0 saturated carbocycles. The lowest BCUT2D eigenvalue weighted by Gasteiger charge is -2.31. The van der Waals surface area contributed by atoms with Crippen molar-refractivity contribution in [1.29, 1.82) is 0 Å². The van der Waals surface area contributed by atoms with Gasteiger partial charge in [0.1, 0.15) is 11.9 Å². The molecule has 1 aromatic heterocycles. The highest BCUT2D eigenvalue weighted by Crippen LogP contribution is 2.42. The van der Waals surface area contributed by atoms with Crippen LogP contribution < -0.4 is 5.48 Å². The molecule has 8 heteroatoms. The zero-order valence-electron chi connectivity index (χ0n) is 11.0. The van der Waals surface area contributed by atoms with Crippen LogP contribution in [0.15, 0.2) is 11.2 Å². The Morgan fingerprint density at radius 1 is 1.58 bits per heavy atom. The summed E-state index contributed by atoms with van der Waals surface area (Å²) in [6, 6.07) is -0.474. The van der Waals surface area contributed by atoms with Gasteiger partial charge in [0.25, 0.3) is 0 Å². The van der Waals surface area contributed by atoms with Crippen LogP contribution in [-0.4, -0.2) is 57.3 Å². The monoisotopic (exact) mass is 264 g/mol. The number of carbonyl (C=O) groups excluding carboxylic acids is 1. The molecule has 2 atom stereocenters. The van der Waals surface area contributed by atoms with Crippen molar-refractivity contribution in [3.8, 4) is 0 Å². The van der Waals surface area contributed by atoms with Gasteiger partial charge in [-0.3, -0.25) is 20.4 Å². The van der Waals surface area contributed by atoms with Crippen LogP contribution in [0, 0.1) is 0 Å². The molecular weight excluding hydrogens is 248 g/mol. The van der Waals surface area contributed by atoms with Crippen molar-refractivity contribution < 1.29 is 10.0 Å². The molecular formula is C11H16N6O2. The molecule has 19 heavy (non-hydrogen) atoms. The number of carbonyl (C=O) groups is 1. The SMILES string of the molecule is CN=C(NO)[C@@H]1c2c(cnn2C)[C@@H]2CN1C(=O)N2C. The number of fused-ring (bicyclic) bond motifs is 4. The molecule has 0 radical (unpaired) electrons. The smallest absolute Gasteiger partial charge is 0.319 e. The predicted octanol–water partition coefficient (Wildman–Crippen LogP) is -0.110. The second-order valence-corrected chi connectivity index (χ2v) is 4.79. The Labute approximate surface area is 110 Å². The van der Waals surface area contributed by atoms with Gasteiger partial charge in [-0.05, 0) is 0 Å². The minimum absolute atomic E-state index is 0.0178. The normalized spacial score (nSPS) is 25.9. The number of likely N-dealkylation sites (N-methyl/N-ethyl adjacent to an activating group) is 1. The Hall–Kier alpha value is -2.09. The highest BCUT2D eigenvalue weighted by atomic mass is 16.5.